The van der Waals surface area contributed by atoms with Crippen molar-refractivity contribution in [1.82, 2.24) is 19.6 Å². The summed E-state index contributed by atoms with van der Waals surface area (Å²) in [4.78, 5) is 28.6. The van der Waals surface area contributed by atoms with Crippen LogP contribution >= 0.6 is 11.3 Å². The zero-order valence-electron chi connectivity index (χ0n) is 10.0. The number of aromatic amines is 1. The van der Waals surface area contributed by atoms with E-state index in [9.17, 15) is 9.59 Å². The third-order valence-electron chi connectivity index (χ3n) is 2.67. The summed E-state index contributed by atoms with van der Waals surface area (Å²) >= 11 is 1.30. The Balaban J connectivity index is 2.16. The molecule has 0 atom stereocenters. The molecule has 98 valence electrons. The molecule has 0 amide bonds. The molecule has 0 fully saturated rings. The van der Waals surface area contributed by atoms with Gasteiger partial charge in [-0.1, -0.05) is 0 Å². The Labute approximate surface area is 110 Å². The van der Waals surface area contributed by atoms with Crippen molar-refractivity contribution in [3.63, 3.8) is 0 Å². The van der Waals surface area contributed by atoms with Crippen molar-refractivity contribution in [3.8, 4) is 0 Å². The van der Waals surface area contributed by atoms with E-state index in [2.05, 4.69) is 15.2 Å². The molecular formula is C11H10N4O3S. The maximum atomic E-state index is 12.3. The molecule has 0 aliphatic rings. The van der Waals surface area contributed by atoms with Crippen molar-refractivity contribution >= 4 is 33.3 Å². The predicted molar refractivity (Wildman–Crippen MR) is 69.3 cm³/mol. The summed E-state index contributed by atoms with van der Waals surface area (Å²) in [6.07, 6.45) is 1.49. The second kappa shape index (κ2) is 4.47. The first-order chi connectivity index (χ1) is 9.20. The van der Waals surface area contributed by atoms with E-state index in [4.69, 9.17) is 4.74 Å². The van der Waals surface area contributed by atoms with Crippen molar-refractivity contribution in [2.24, 2.45) is 0 Å². The number of ether oxygens (including phenoxy) is 1. The van der Waals surface area contributed by atoms with Gasteiger partial charge in [0.15, 0.2) is 10.6 Å². The molecule has 8 heteroatoms. The number of esters is 1. The van der Waals surface area contributed by atoms with Crippen LogP contribution in [0.5, 0.6) is 0 Å². The second-order valence-corrected chi connectivity index (χ2v) is 4.71. The van der Waals surface area contributed by atoms with E-state index in [1.54, 1.807) is 12.3 Å². The van der Waals surface area contributed by atoms with Crippen LogP contribution in [0.3, 0.4) is 0 Å². The fourth-order valence-corrected chi connectivity index (χ4v) is 2.74. The van der Waals surface area contributed by atoms with Gasteiger partial charge in [0.1, 0.15) is 5.39 Å². The number of carbonyl (C=O) groups excluding carboxylic acids is 1. The zero-order chi connectivity index (χ0) is 13.4. The summed E-state index contributed by atoms with van der Waals surface area (Å²) in [6, 6.07) is 0. The number of fused-ring (bicyclic) bond motifs is 2. The minimum absolute atomic E-state index is 0.0543. The second-order valence-electron chi connectivity index (χ2n) is 3.88. The molecule has 7 nitrogen and oxygen atoms in total. The number of nitrogens with zero attached hydrogens (tertiary/aromatic N) is 3. The van der Waals surface area contributed by atoms with Crippen molar-refractivity contribution in [3.05, 3.63) is 27.6 Å². The molecule has 0 aliphatic carbocycles. The highest BCUT2D eigenvalue weighted by Gasteiger charge is 2.14. The first-order valence-corrected chi connectivity index (χ1v) is 6.56. The molecule has 3 aromatic rings. The highest BCUT2D eigenvalue weighted by atomic mass is 32.1. The van der Waals surface area contributed by atoms with Crippen molar-refractivity contribution in [1.29, 1.82) is 0 Å². The van der Waals surface area contributed by atoms with Crippen LogP contribution in [0.25, 0.3) is 16.0 Å². The van der Waals surface area contributed by atoms with E-state index in [0.29, 0.717) is 28.3 Å². The molecule has 3 aromatic heterocycles. The number of H-pyrrole nitrogens is 1. The molecule has 19 heavy (non-hydrogen) atoms. The van der Waals surface area contributed by atoms with Crippen molar-refractivity contribution in [2.45, 2.75) is 13.3 Å². The molecule has 0 aliphatic heterocycles. The number of thiazole rings is 1. The number of carbonyl (C=O) groups is 1. The van der Waals surface area contributed by atoms with Gasteiger partial charge < -0.3 is 4.74 Å². The van der Waals surface area contributed by atoms with E-state index in [-0.39, 0.29) is 17.9 Å². The van der Waals surface area contributed by atoms with Crippen LogP contribution in [0, 0.1) is 0 Å². The van der Waals surface area contributed by atoms with Crippen molar-refractivity contribution < 1.29 is 9.53 Å². The van der Waals surface area contributed by atoms with Crippen LogP contribution in [0.4, 0.5) is 0 Å². The standard InChI is InChI=1S/C11H10N4O3S/c1-2-18-8(16)3-6-5-19-11-13-9-7(4-12-14-9)10(17)15(6)11/h4-5H,2-3H2,1H3,(H,12,14). The number of rotatable bonds is 3. The molecule has 3 heterocycles. The van der Waals surface area contributed by atoms with Crippen LogP contribution in [-0.4, -0.2) is 32.2 Å². The maximum absolute atomic E-state index is 12.3. The van der Waals surface area contributed by atoms with Gasteiger partial charge in [-0.2, -0.15) is 5.10 Å². The Morgan fingerprint density at radius 3 is 3.21 bits per heavy atom. The molecule has 0 spiro atoms. The first-order valence-electron chi connectivity index (χ1n) is 5.68. The molecule has 0 aromatic carbocycles. The third kappa shape index (κ3) is 1.89. The minimum atomic E-state index is -0.360. The van der Waals surface area contributed by atoms with E-state index in [0.717, 1.165) is 0 Å². The van der Waals surface area contributed by atoms with E-state index >= 15 is 0 Å². The Hall–Kier alpha value is -2.22. The van der Waals surface area contributed by atoms with Gasteiger partial charge in [0.25, 0.3) is 5.56 Å². The normalized spacial score (nSPS) is 11.2. The molecule has 0 saturated heterocycles. The highest BCUT2D eigenvalue weighted by molar-refractivity contribution is 7.15. The van der Waals surface area contributed by atoms with Crippen LogP contribution in [0.15, 0.2) is 16.4 Å². The smallest absolute Gasteiger partial charge is 0.311 e. The lowest BCUT2D eigenvalue weighted by molar-refractivity contribution is -0.142. The topological polar surface area (TPSA) is 89.3 Å². The van der Waals surface area contributed by atoms with Gasteiger partial charge in [-0.25, -0.2) is 4.98 Å². The van der Waals surface area contributed by atoms with Crippen LogP contribution in [0.2, 0.25) is 0 Å². The third-order valence-corrected chi connectivity index (χ3v) is 3.54. The van der Waals surface area contributed by atoms with Gasteiger partial charge in [-0.05, 0) is 6.92 Å². The molecule has 0 unspecified atom stereocenters. The minimum Gasteiger partial charge on any atom is -0.466 e. The quantitative estimate of drug-likeness (QED) is 0.714. The fourth-order valence-electron chi connectivity index (χ4n) is 1.86. The summed E-state index contributed by atoms with van der Waals surface area (Å²) < 4.78 is 6.32. The Kier molecular flexibility index (Phi) is 2.79. The fraction of sp³-hybridized carbons (Fsp3) is 0.273. The van der Waals surface area contributed by atoms with E-state index in [1.165, 1.54) is 21.9 Å². The summed E-state index contributed by atoms with van der Waals surface area (Å²) in [5, 5.41) is 8.61. The number of nitrogens with one attached hydrogen (secondary N) is 1. The molecule has 0 bridgehead atoms. The molecule has 0 saturated carbocycles. The molecule has 0 radical (unpaired) electrons. The average molecular weight is 278 g/mol. The van der Waals surface area contributed by atoms with Gasteiger partial charge in [-0.3, -0.25) is 19.1 Å². The lowest BCUT2D eigenvalue weighted by atomic mass is 10.3. The number of hydrogen-bond donors (Lipinski definition) is 1. The van der Waals surface area contributed by atoms with Gasteiger partial charge >= 0.3 is 5.97 Å². The largest absolute Gasteiger partial charge is 0.466 e. The molecular weight excluding hydrogens is 268 g/mol. The number of aromatic nitrogens is 4. The SMILES string of the molecule is CCOC(=O)Cc1csc2nc3[nH]ncc3c(=O)n12. The van der Waals surface area contributed by atoms with Gasteiger partial charge in [-0.15, -0.1) is 11.3 Å². The summed E-state index contributed by atoms with van der Waals surface area (Å²) in [7, 11) is 0. The summed E-state index contributed by atoms with van der Waals surface area (Å²) in [6.45, 7) is 2.06. The molecule has 3 rings (SSSR count). The van der Waals surface area contributed by atoms with Crippen LogP contribution in [0.1, 0.15) is 12.6 Å². The lowest BCUT2D eigenvalue weighted by Crippen LogP contribution is -2.18. The summed E-state index contributed by atoms with van der Waals surface area (Å²) in [5.41, 5.74) is 0.808. The van der Waals surface area contributed by atoms with Gasteiger partial charge in [0, 0.05) is 11.1 Å². The highest BCUT2D eigenvalue weighted by Crippen LogP contribution is 2.15. The van der Waals surface area contributed by atoms with Gasteiger partial charge in [0.05, 0.1) is 19.2 Å². The predicted octanol–water partition coefficient (Wildman–Crippen LogP) is 0.738. The Morgan fingerprint density at radius 2 is 2.42 bits per heavy atom. The van der Waals surface area contributed by atoms with E-state index < -0.39 is 0 Å². The first kappa shape index (κ1) is 11.8. The zero-order valence-corrected chi connectivity index (χ0v) is 10.9. The lowest BCUT2D eigenvalue weighted by Gasteiger charge is -2.01. The molecule has 1 N–H and O–H groups in total. The van der Waals surface area contributed by atoms with Crippen molar-refractivity contribution in [2.75, 3.05) is 6.61 Å². The Morgan fingerprint density at radius 1 is 1.58 bits per heavy atom. The van der Waals surface area contributed by atoms with E-state index in [1.807, 2.05) is 0 Å². The van der Waals surface area contributed by atoms with Gasteiger partial charge in [0.2, 0.25) is 0 Å². The van der Waals surface area contributed by atoms with Crippen LogP contribution in [-0.2, 0) is 16.0 Å². The maximum Gasteiger partial charge on any atom is 0.311 e. The monoisotopic (exact) mass is 278 g/mol. The van der Waals surface area contributed by atoms with Crippen LogP contribution < -0.4 is 5.56 Å². The summed E-state index contributed by atoms with van der Waals surface area (Å²) in [5.74, 6) is -0.360. The Bertz CT molecular complexity index is 816. The number of hydrogen-bond acceptors (Lipinski definition) is 6. The average Bonchev–Trinajstić information content (AvgIpc) is 2.97.